The summed E-state index contributed by atoms with van der Waals surface area (Å²) in [6.45, 7) is 6.48. The third-order valence-corrected chi connectivity index (χ3v) is 4.68. The van der Waals surface area contributed by atoms with E-state index in [0.29, 0.717) is 6.54 Å². The van der Waals surface area contributed by atoms with Gasteiger partial charge in [-0.05, 0) is 55.7 Å². The fourth-order valence-corrected chi connectivity index (χ4v) is 3.09. The first-order valence-corrected chi connectivity index (χ1v) is 8.08. The molecule has 0 saturated carbocycles. The van der Waals surface area contributed by atoms with E-state index >= 15 is 0 Å². The molecule has 1 aliphatic rings. The van der Waals surface area contributed by atoms with Crippen LogP contribution in [0.5, 0.6) is 0 Å². The van der Waals surface area contributed by atoms with Crippen LogP contribution < -0.4 is 10.6 Å². The zero-order chi connectivity index (χ0) is 15.7. The number of hydrogen-bond donors (Lipinski definition) is 2. The lowest BCUT2D eigenvalue weighted by Gasteiger charge is -2.24. The smallest absolute Gasteiger partial charge is 0.239 e. The summed E-state index contributed by atoms with van der Waals surface area (Å²) in [5.74, 6) is 0.0371. The first-order valence-electron chi connectivity index (χ1n) is 8.08. The number of hydrogen-bond acceptors (Lipinski definition) is 2. The van der Waals surface area contributed by atoms with E-state index in [9.17, 15) is 4.79 Å². The van der Waals surface area contributed by atoms with Gasteiger partial charge in [0.1, 0.15) is 0 Å². The van der Waals surface area contributed by atoms with Crippen molar-refractivity contribution < 1.29 is 4.79 Å². The molecule has 3 heteroatoms. The Labute approximate surface area is 132 Å². The first-order chi connectivity index (χ1) is 10.5. The lowest BCUT2D eigenvalue weighted by molar-refractivity contribution is -0.121. The molecular weight excluding hydrogens is 272 g/mol. The van der Waals surface area contributed by atoms with Crippen LogP contribution in [0.25, 0.3) is 10.8 Å². The van der Waals surface area contributed by atoms with Gasteiger partial charge in [0.25, 0.3) is 0 Å². The van der Waals surface area contributed by atoms with Gasteiger partial charge >= 0.3 is 0 Å². The molecule has 3 nitrogen and oxygen atoms in total. The van der Waals surface area contributed by atoms with Gasteiger partial charge in [0.2, 0.25) is 5.91 Å². The summed E-state index contributed by atoms with van der Waals surface area (Å²) < 4.78 is 0. The van der Waals surface area contributed by atoms with E-state index in [1.807, 2.05) is 13.8 Å². The molecule has 0 fully saturated rings. The summed E-state index contributed by atoms with van der Waals surface area (Å²) in [7, 11) is 0. The van der Waals surface area contributed by atoms with Crippen molar-refractivity contribution in [2.75, 3.05) is 11.9 Å². The number of carbonyl (C=O) groups excluding carboxylic acids is 1. The van der Waals surface area contributed by atoms with Crippen molar-refractivity contribution in [1.29, 1.82) is 0 Å². The molecular formula is C19H24N2O. The summed E-state index contributed by atoms with van der Waals surface area (Å²) >= 11 is 0. The molecule has 0 bridgehead atoms. The van der Waals surface area contributed by atoms with E-state index in [0.717, 1.165) is 24.9 Å². The summed E-state index contributed by atoms with van der Waals surface area (Å²) in [4.78, 5) is 12.1. The minimum Gasteiger partial charge on any atom is -0.376 e. The maximum absolute atomic E-state index is 12.1. The molecule has 0 aromatic heterocycles. The molecule has 2 N–H and O–H groups in total. The zero-order valence-corrected chi connectivity index (χ0v) is 13.6. The second-order valence-electron chi connectivity index (χ2n) is 6.75. The van der Waals surface area contributed by atoms with Crippen molar-refractivity contribution in [2.24, 2.45) is 0 Å². The van der Waals surface area contributed by atoms with Crippen LogP contribution in [-0.4, -0.2) is 18.0 Å². The van der Waals surface area contributed by atoms with Gasteiger partial charge in [-0.25, -0.2) is 0 Å². The maximum atomic E-state index is 12.1. The van der Waals surface area contributed by atoms with Crippen molar-refractivity contribution in [3.63, 3.8) is 0 Å². The van der Waals surface area contributed by atoms with Crippen molar-refractivity contribution in [3.8, 4) is 0 Å². The van der Waals surface area contributed by atoms with Crippen LogP contribution in [-0.2, 0) is 17.6 Å². The van der Waals surface area contributed by atoms with Crippen LogP contribution >= 0.6 is 0 Å². The lowest BCUT2D eigenvalue weighted by atomic mass is 10.0. The number of amides is 1. The fourth-order valence-electron chi connectivity index (χ4n) is 3.09. The zero-order valence-electron chi connectivity index (χ0n) is 13.6. The third-order valence-electron chi connectivity index (χ3n) is 4.68. The van der Waals surface area contributed by atoms with Crippen LogP contribution in [0.4, 0.5) is 5.69 Å². The Kier molecular flexibility index (Phi) is 3.81. The average Bonchev–Trinajstić information content (AvgIpc) is 2.91. The van der Waals surface area contributed by atoms with Gasteiger partial charge in [0.05, 0.1) is 6.54 Å². The number of anilines is 1. The SMILES string of the molecule is CCC(C)(C)NC(=O)CNc1ccc2c3c(cccc13)CC2. The van der Waals surface area contributed by atoms with Crippen molar-refractivity contribution in [2.45, 2.75) is 45.6 Å². The predicted molar refractivity (Wildman–Crippen MR) is 92.4 cm³/mol. The third kappa shape index (κ3) is 2.80. The van der Waals surface area contributed by atoms with Gasteiger partial charge in [0, 0.05) is 16.6 Å². The highest BCUT2D eigenvalue weighted by Gasteiger charge is 2.18. The minimum absolute atomic E-state index is 0.0371. The van der Waals surface area contributed by atoms with Crippen LogP contribution in [0, 0.1) is 0 Å². The quantitative estimate of drug-likeness (QED) is 0.884. The van der Waals surface area contributed by atoms with Crippen molar-refractivity contribution in [1.82, 2.24) is 5.32 Å². The molecule has 0 radical (unpaired) electrons. The van der Waals surface area contributed by atoms with Crippen LogP contribution in [0.3, 0.4) is 0 Å². The van der Waals surface area contributed by atoms with Gasteiger partial charge in [-0.3, -0.25) is 4.79 Å². The Bertz CT molecular complexity index is 708. The molecule has 0 saturated heterocycles. The van der Waals surface area contributed by atoms with Crippen molar-refractivity contribution >= 4 is 22.4 Å². The van der Waals surface area contributed by atoms with Gasteiger partial charge in [-0.15, -0.1) is 0 Å². The average molecular weight is 296 g/mol. The normalized spacial score (nSPS) is 13.4. The Morgan fingerprint density at radius 1 is 1.14 bits per heavy atom. The number of nitrogens with one attached hydrogen (secondary N) is 2. The van der Waals surface area contributed by atoms with Crippen LogP contribution in [0.2, 0.25) is 0 Å². The van der Waals surface area contributed by atoms with Gasteiger partial charge < -0.3 is 10.6 Å². The molecule has 0 spiro atoms. The Morgan fingerprint density at radius 3 is 2.59 bits per heavy atom. The number of carbonyl (C=O) groups is 1. The van der Waals surface area contributed by atoms with Crippen LogP contribution in [0.15, 0.2) is 30.3 Å². The van der Waals surface area contributed by atoms with Crippen LogP contribution in [0.1, 0.15) is 38.3 Å². The predicted octanol–water partition coefficient (Wildman–Crippen LogP) is 3.66. The second-order valence-corrected chi connectivity index (χ2v) is 6.75. The molecule has 0 heterocycles. The van der Waals surface area contributed by atoms with E-state index in [4.69, 9.17) is 0 Å². The molecule has 0 unspecified atom stereocenters. The summed E-state index contributed by atoms with van der Waals surface area (Å²) in [5.41, 5.74) is 3.74. The molecule has 1 amide bonds. The van der Waals surface area contributed by atoms with E-state index in [2.05, 4.69) is 47.9 Å². The van der Waals surface area contributed by atoms with E-state index in [1.165, 1.54) is 21.9 Å². The maximum Gasteiger partial charge on any atom is 0.239 e. The Morgan fingerprint density at radius 2 is 1.86 bits per heavy atom. The highest BCUT2D eigenvalue weighted by Crippen LogP contribution is 2.34. The lowest BCUT2D eigenvalue weighted by Crippen LogP contribution is -2.45. The molecule has 2 aromatic rings. The van der Waals surface area contributed by atoms with E-state index in [1.54, 1.807) is 0 Å². The fraction of sp³-hybridized carbons (Fsp3) is 0.421. The number of benzene rings is 2. The molecule has 3 rings (SSSR count). The topological polar surface area (TPSA) is 41.1 Å². The molecule has 22 heavy (non-hydrogen) atoms. The Balaban J connectivity index is 1.77. The standard InChI is InChI=1S/C19H24N2O/c1-4-19(2,3)21-17(22)12-20-16-11-10-14-9-8-13-6-5-7-15(16)18(13)14/h5-7,10-11,20H,4,8-9,12H2,1-3H3,(H,21,22). The van der Waals surface area contributed by atoms with Gasteiger partial charge in [-0.2, -0.15) is 0 Å². The van der Waals surface area contributed by atoms with Gasteiger partial charge in [0.15, 0.2) is 0 Å². The summed E-state index contributed by atoms with van der Waals surface area (Å²) in [6, 6.07) is 10.8. The molecule has 1 aliphatic carbocycles. The highest BCUT2D eigenvalue weighted by molar-refractivity contribution is 6.00. The molecule has 0 atom stereocenters. The summed E-state index contributed by atoms with van der Waals surface area (Å²) in [5, 5.41) is 8.97. The van der Waals surface area contributed by atoms with E-state index < -0.39 is 0 Å². The van der Waals surface area contributed by atoms with Crippen molar-refractivity contribution in [3.05, 3.63) is 41.5 Å². The Hall–Kier alpha value is -2.03. The number of rotatable bonds is 5. The molecule has 116 valence electrons. The molecule has 0 aliphatic heterocycles. The monoisotopic (exact) mass is 296 g/mol. The number of aryl methyl sites for hydroxylation is 2. The second kappa shape index (κ2) is 5.64. The van der Waals surface area contributed by atoms with Gasteiger partial charge in [-0.1, -0.05) is 31.2 Å². The summed E-state index contributed by atoms with van der Waals surface area (Å²) in [6.07, 6.45) is 3.17. The largest absolute Gasteiger partial charge is 0.376 e. The highest BCUT2D eigenvalue weighted by atomic mass is 16.2. The van der Waals surface area contributed by atoms with E-state index in [-0.39, 0.29) is 11.4 Å². The first kappa shape index (κ1) is 14.9. The minimum atomic E-state index is -0.152. The molecule has 2 aromatic carbocycles.